The Kier molecular flexibility index (Phi) is 4.11. The van der Waals surface area contributed by atoms with Crippen LogP contribution < -0.4 is 0 Å². The predicted molar refractivity (Wildman–Crippen MR) is 84.8 cm³/mol. The van der Waals surface area contributed by atoms with Crippen molar-refractivity contribution in [2.45, 2.75) is 33.2 Å². The SMILES string of the molecule is CCCS(=O)(=O)N1CC2(CCN(Cc3csc(C)n3)C2)C1. The molecule has 0 unspecified atom stereocenters. The number of likely N-dealkylation sites (tertiary alicyclic amines) is 1. The van der Waals surface area contributed by atoms with Crippen LogP contribution in [0.2, 0.25) is 0 Å². The monoisotopic (exact) mass is 329 g/mol. The molecule has 2 aliphatic rings. The van der Waals surface area contributed by atoms with Crippen LogP contribution in [0.3, 0.4) is 0 Å². The van der Waals surface area contributed by atoms with E-state index in [0.717, 1.165) is 36.8 Å². The molecule has 1 spiro atoms. The first-order chi connectivity index (χ1) is 9.92. The van der Waals surface area contributed by atoms with Gasteiger partial charge in [0.05, 0.1) is 16.5 Å². The lowest BCUT2D eigenvalue weighted by Crippen LogP contribution is -2.59. The van der Waals surface area contributed by atoms with Gasteiger partial charge in [0.1, 0.15) is 0 Å². The van der Waals surface area contributed by atoms with E-state index in [1.807, 2.05) is 13.8 Å². The van der Waals surface area contributed by atoms with Gasteiger partial charge in [-0.3, -0.25) is 4.90 Å². The van der Waals surface area contributed by atoms with Gasteiger partial charge in [-0.05, 0) is 26.3 Å². The number of aromatic nitrogens is 1. The van der Waals surface area contributed by atoms with Crippen LogP contribution in [-0.2, 0) is 16.6 Å². The number of sulfonamides is 1. The minimum Gasteiger partial charge on any atom is -0.297 e. The van der Waals surface area contributed by atoms with Crippen molar-refractivity contribution >= 4 is 21.4 Å². The van der Waals surface area contributed by atoms with E-state index in [0.29, 0.717) is 19.5 Å². The Balaban J connectivity index is 1.54. The number of nitrogens with zero attached hydrogens (tertiary/aromatic N) is 3. The zero-order valence-electron chi connectivity index (χ0n) is 12.7. The molecule has 118 valence electrons. The first-order valence-electron chi connectivity index (χ1n) is 7.54. The molecule has 2 aliphatic heterocycles. The molecule has 0 radical (unpaired) electrons. The van der Waals surface area contributed by atoms with Crippen molar-refractivity contribution in [2.75, 3.05) is 31.9 Å². The summed E-state index contributed by atoms with van der Waals surface area (Å²) in [4.78, 5) is 6.93. The number of aryl methyl sites for hydroxylation is 1. The van der Waals surface area contributed by atoms with Crippen molar-refractivity contribution in [3.8, 4) is 0 Å². The Hall–Kier alpha value is -0.500. The first kappa shape index (κ1) is 15.4. The van der Waals surface area contributed by atoms with Crippen molar-refractivity contribution in [3.05, 3.63) is 16.1 Å². The van der Waals surface area contributed by atoms with E-state index < -0.39 is 10.0 Å². The summed E-state index contributed by atoms with van der Waals surface area (Å²) in [6.45, 7) is 8.32. The fraction of sp³-hybridized carbons (Fsp3) is 0.786. The van der Waals surface area contributed by atoms with E-state index in [1.165, 1.54) is 0 Å². The van der Waals surface area contributed by atoms with Gasteiger partial charge >= 0.3 is 0 Å². The third-order valence-corrected chi connectivity index (χ3v) is 7.24. The lowest BCUT2D eigenvalue weighted by molar-refractivity contribution is 0.0769. The van der Waals surface area contributed by atoms with Gasteiger partial charge in [0.25, 0.3) is 0 Å². The zero-order chi connectivity index (χ0) is 15.1. The van der Waals surface area contributed by atoms with Crippen molar-refractivity contribution in [1.29, 1.82) is 0 Å². The second-order valence-electron chi connectivity index (χ2n) is 6.40. The highest BCUT2D eigenvalue weighted by molar-refractivity contribution is 7.89. The Morgan fingerprint density at radius 3 is 2.76 bits per heavy atom. The first-order valence-corrected chi connectivity index (χ1v) is 10.0. The van der Waals surface area contributed by atoms with Crippen LogP contribution in [0, 0.1) is 12.3 Å². The highest BCUT2D eigenvalue weighted by Gasteiger charge is 2.50. The molecule has 2 fully saturated rings. The second kappa shape index (κ2) is 5.61. The summed E-state index contributed by atoms with van der Waals surface area (Å²) in [6, 6.07) is 0. The number of rotatable bonds is 5. The molecule has 0 aromatic carbocycles. The van der Waals surface area contributed by atoms with Gasteiger partial charge in [-0.15, -0.1) is 11.3 Å². The Morgan fingerprint density at radius 2 is 2.14 bits per heavy atom. The lowest BCUT2D eigenvalue weighted by atomic mass is 9.81. The third-order valence-electron chi connectivity index (χ3n) is 4.45. The molecule has 2 saturated heterocycles. The molecule has 3 heterocycles. The van der Waals surface area contributed by atoms with Crippen molar-refractivity contribution < 1.29 is 8.42 Å². The lowest BCUT2D eigenvalue weighted by Gasteiger charge is -2.47. The summed E-state index contributed by atoms with van der Waals surface area (Å²) < 4.78 is 25.7. The van der Waals surface area contributed by atoms with Gasteiger partial charge < -0.3 is 0 Å². The molecular weight excluding hydrogens is 306 g/mol. The minimum atomic E-state index is -3.01. The molecule has 0 amide bonds. The summed E-state index contributed by atoms with van der Waals surface area (Å²) in [7, 11) is -3.01. The fourth-order valence-corrected chi connectivity index (χ4v) is 5.74. The van der Waals surface area contributed by atoms with Gasteiger partial charge in [-0.25, -0.2) is 17.7 Å². The molecule has 0 atom stereocenters. The van der Waals surface area contributed by atoms with Crippen molar-refractivity contribution in [1.82, 2.24) is 14.2 Å². The standard InChI is InChI=1S/C14H23N3O2S2/c1-3-6-21(18,19)17-10-14(11-17)4-5-16(9-14)7-13-8-20-12(2)15-13/h8H,3-7,9-11H2,1-2H3. The van der Waals surface area contributed by atoms with Crippen LogP contribution in [0.5, 0.6) is 0 Å². The van der Waals surface area contributed by atoms with E-state index in [4.69, 9.17) is 0 Å². The van der Waals surface area contributed by atoms with Gasteiger partial charge in [0, 0.05) is 37.0 Å². The summed E-state index contributed by atoms with van der Waals surface area (Å²) in [5, 5.41) is 3.23. The number of thiazole rings is 1. The van der Waals surface area contributed by atoms with Gasteiger partial charge in [-0.1, -0.05) is 6.92 Å². The summed E-state index contributed by atoms with van der Waals surface area (Å²) in [5.41, 5.74) is 1.34. The molecule has 1 aromatic rings. The topological polar surface area (TPSA) is 53.5 Å². The van der Waals surface area contributed by atoms with Crippen LogP contribution in [0.25, 0.3) is 0 Å². The summed E-state index contributed by atoms with van der Waals surface area (Å²) >= 11 is 1.69. The molecule has 0 bridgehead atoms. The molecule has 1 aromatic heterocycles. The highest BCUT2D eigenvalue weighted by Crippen LogP contribution is 2.41. The zero-order valence-corrected chi connectivity index (χ0v) is 14.3. The fourth-order valence-electron chi connectivity index (χ4n) is 3.42. The maximum Gasteiger partial charge on any atom is 0.214 e. The summed E-state index contributed by atoms with van der Waals surface area (Å²) in [5.74, 6) is 0.283. The highest BCUT2D eigenvalue weighted by atomic mass is 32.2. The molecule has 21 heavy (non-hydrogen) atoms. The molecule has 0 N–H and O–H groups in total. The largest absolute Gasteiger partial charge is 0.297 e. The van der Waals surface area contributed by atoms with Crippen LogP contribution >= 0.6 is 11.3 Å². The van der Waals surface area contributed by atoms with Crippen molar-refractivity contribution in [2.24, 2.45) is 5.41 Å². The van der Waals surface area contributed by atoms with E-state index in [2.05, 4.69) is 15.3 Å². The summed E-state index contributed by atoms with van der Waals surface area (Å²) in [6.07, 6.45) is 1.80. The quantitative estimate of drug-likeness (QED) is 0.825. The van der Waals surface area contributed by atoms with Crippen molar-refractivity contribution in [3.63, 3.8) is 0 Å². The van der Waals surface area contributed by atoms with Crippen LogP contribution in [0.4, 0.5) is 0 Å². The Morgan fingerprint density at radius 1 is 1.38 bits per heavy atom. The van der Waals surface area contributed by atoms with Gasteiger partial charge in [0.2, 0.25) is 10.0 Å². The number of hydrogen-bond acceptors (Lipinski definition) is 5. The number of hydrogen-bond donors (Lipinski definition) is 0. The smallest absolute Gasteiger partial charge is 0.214 e. The third kappa shape index (κ3) is 3.16. The maximum atomic E-state index is 12.0. The predicted octanol–water partition coefficient (Wildman–Crippen LogP) is 1.70. The van der Waals surface area contributed by atoms with Crippen LogP contribution in [0.1, 0.15) is 30.5 Å². The second-order valence-corrected chi connectivity index (χ2v) is 9.55. The molecule has 0 saturated carbocycles. The molecule has 3 rings (SSSR count). The average molecular weight is 329 g/mol. The molecule has 0 aliphatic carbocycles. The molecule has 5 nitrogen and oxygen atoms in total. The average Bonchev–Trinajstić information content (AvgIpc) is 2.95. The Labute approximate surface area is 131 Å². The normalized spacial score (nSPS) is 22.8. The van der Waals surface area contributed by atoms with E-state index in [-0.39, 0.29) is 11.2 Å². The molecular formula is C14H23N3O2S2. The minimum absolute atomic E-state index is 0.200. The van der Waals surface area contributed by atoms with E-state index in [1.54, 1.807) is 15.6 Å². The van der Waals surface area contributed by atoms with E-state index in [9.17, 15) is 8.42 Å². The van der Waals surface area contributed by atoms with E-state index >= 15 is 0 Å². The van der Waals surface area contributed by atoms with Gasteiger partial charge in [-0.2, -0.15) is 0 Å². The van der Waals surface area contributed by atoms with Gasteiger partial charge in [0.15, 0.2) is 0 Å². The van der Waals surface area contributed by atoms with Crippen LogP contribution in [0.15, 0.2) is 5.38 Å². The van der Waals surface area contributed by atoms with Crippen LogP contribution in [-0.4, -0.2) is 54.5 Å². The molecule has 7 heteroatoms. The Bertz CT molecular complexity index is 605. The maximum absolute atomic E-state index is 12.0.